The fraction of sp³-hybridized carbons (Fsp3) is 0.455. The second-order valence-electron chi connectivity index (χ2n) is 3.88. The van der Waals surface area contributed by atoms with Gasteiger partial charge in [-0.05, 0) is 23.1 Å². The summed E-state index contributed by atoms with van der Waals surface area (Å²) in [4.78, 5) is 25.5. The molecule has 4 nitrogen and oxygen atoms in total. The molecular weight excluding hydrogens is 258 g/mol. The molecule has 1 aliphatic heterocycles. The lowest BCUT2D eigenvalue weighted by Crippen LogP contribution is -2.25. The molecule has 17 heavy (non-hydrogen) atoms. The van der Waals surface area contributed by atoms with Gasteiger partial charge < -0.3 is 9.64 Å². The lowest BCUT2D eigenvalue weighted by atomic mass is 10.1. The molecule has 0 saturated carbocycles. The van der Waals surface area contributed by atoms with Gasteiger partial charge in [-0.3, -0.25) is 4.79 Å². The van der Waals surface area contributed by atoms with Gasteiger partial charge in [-0.15, -0.1) is 11.3 Å². The molecule has 2 heterocycles. The van der Waals surface area contributed by atoms with E-state index in [-0.39, 0.29) is 11.8 Å². The normalized spacial score (nSPS) is 19.8. The Morgan fingerprint density at radius 1 is 1.71 bits per heavy atom. The zero-order chi connectivity index (χ0) is 12.4. The summed E-state index contributed by atoms with van der Waals surface area (Å²) in [6, 6.07) is 1.79. The topological polar surface area (TPSA) is 46.6 Å². The van der Waals surface area contributed by atoms with E-state index >= 15 is 0 Å². The van der Waals surface area contributed by atoms with Gasteiger partial charge >= 0.3 is 5.97 Å². The molecule has 1 aromatic heterocycles. The monoisotopic (exact) mass is 271 g/mol. The van der Waals surface area contributed by atoms with E-state index in [2.05, 4.69) is 12.6 Å². The van der Waals surface area contributed by atoms with Crippen LogP contribution in [0.5, 0.6) is 0 Å². The van der Waals surface area contributed by atoms with Crippen molar-refractivity contribution in [3.63, 3.8) is 0 Å². The van der Waals surface area contributed by atoms with E-state index in [0.29, 0.717) is 29.3 Å². The molecule has 1 unspecified atom stereocenters. The Hall–Kier alpha value is -1.01. The van der Waals surface area contributed by atoms with Gasteiger partial charge in [0, 0.05) is 13.0 Å². The fourth-order valence-electron chi connectivity index (χ4n) is 1.90. The Bertz CT molecular complexity index is 444. The van der Waals surface area contributed by atoms with Crippen LogP contribution >= 0.6 is 24.0 Å². The van der Waals surface area contributed by atoms with Crippen LogP contribution in [0, 0.1) is 5.92 Å². The number of methoxy groups -OCH3 is 1. The first-order chi connectivity index (χ1) is 8.17. The van der Waals surface area contributed by atoms with Crippen molar-refractivity contribution in [1.29, 1.82) is 0 Å². The van der Waals surface area contributed by atoms with E-state index in [0.717, 1.165) is 0 Å². The number of rotatable bonds is 3. The minimum atomic E-state index is -0.392. The first kappa shape index (κ1) is 12.4. The average molecular weight is 271 g/mol. The highest BCUT2D eigenvalue weighted by Gasteiger charge is 2.32. The van der Waals surface area contributed by atoms with Gasteiger partial charge in [-0.25, -0.2) is 4.79 Å². The van der Waals surface area contributed by atoms with Crippen LogP contribution in [0.15, 0.2) is 11.4 Å². The highest BCUT2D eigenvalue weighted by Crippen LogP contribution is 2.32. The van der Waals surface area contributed by atoms with Crippen molar-refractivity contribution < 1.29 is 14.3 Å². The van der Waals surface area contributed by atoms with Crippen molar-refractivity contribution in [2.75, 3.05) is 24.3 Å². The summed E-state index contributed by atoms with van der Waals surface area (Å²) in [6.45, 7) is 0.628. The van der Waals surface area contributed by atoms with E-state index in [4.69, 9.17) is 4.74 Å². The van der Waals surface area contributed by atoms with Crippen LogP contribution in [0.3, 0.4) is 0 Å². The first-order valence-corrected chi connectivity index (χ1v) is 6.75. The van der Waals surface area contributed by atoms with Crippen LogP contribution in [-0.2, 0) is 9.53 Å². The molecule has 0 N–H and O–H groups in total. The maximum atomic E-state index is 11.8. The van der Waals surface area contributed by atoms with Gasteiger partial charge in [0.2, 0.25) is 5.91 Å². The number of esters is 1. The summed E-state index contributed by atoms with van der Waals surface area (Å²) < 4.78 is 4.70. The minimum absolute atomic E-state index is 0.0487. The van der Waals surface area contributed by atoms with Crippen molar-refractivity contribution in [3.8, 4) is 0 Å². The third-order valence-corrected chi connectivity index (χ3v) is 4.17. The van der Waals surface area contributed by atoms with Crippen molar-refractivity contribution in [2.45, 2.75) is 6.42 Å². The molecule has 0 aromatic carbocycles. The third kappa shape index (κ3) is 2.32. The molecule has 6 heteroatoms. The van der Waals surface area contributed by atoms with Crippen molar-refractivity contribution >= 4 is 41.5 Å². The SMILES string of the molecule is COC(=O)c1sccc1N1CC(CS)CC1=O. The predicted molar refractivity (Wildman–Crippen MR) is 70.0 cm³/mol. The Morgan fingerprint density at radius 3 is 3.06 bits per heavy atom. The molecule has 0 bridgehead atoms. The Kier molecular flexibility index (Phi) is 3.73. The number of carbonyl (C=O) groups is 2. The third-order valence-electron chi connectivity index (χ3n) is 2.77. The molecule has 1 fully saturated rings. The zero-order valence-corrected chi connectivity index (χ0v) is 11.1. The molecule has 1 aliphatic rings. The quantitative estimate of drug-likeness (QED) is 0.674. The molecule has 2 rings (SSSR count). The number of hydrogen-bond acceptors (Lipinski definition) is 5. The fourth-order valence-corrected chi connectivity index (χ4v) is 2.95. The lowest BCUT2D eigenvalue weighted by molar-refractivity contribution is -0.117. The Balaban J connectivity index is 2.26. The number of amides is 1. The molecule has 1 aromatic rings. The predicted octanol–water partition coefficient (Wildman–Crippen LogP) is 1.82. The van der Waals surface area contributed by atoms with Crippen molar-refractivity contribution in [3.05, 3.63) is 16.3 Å². The number of thiophene rings is 1. The van der Waals surface area contributed by atoms with Gasteiger partial charge in [-0.1, -0.05) is 0 Å². The molecule has 0 aliphatic carbocycles. The number of anilines is 1. The van der Waals surface area contributed by atoms with E-state index in [1.54, 1.807) is 16.3 Å². The number of carbonyl (C=O) groups excluding carboxylic acids is 2. The van der Waals surface area contributed by atoms with Crippen LogP contribution < -0.4 is 4.90 Å². The Morgan fingerprint density at radius 2 is 2.47 bits per heavy atom. The average Bonchev–Trinajstić information content (AvgIpc) is 2.93. The summed E-state index contributed by atoms with van der Waals surface area (Å²) in [5, 5.41) is 1.79. The van der Waals surface area contributed by atoms with Gasteiger partial charge in [0.15, 0.2) is 0 Å². The molecule has 1 saturated heterocycles. The van der Waals surface area contributed by atoms with E-state index < -0.39 is 5.97 Å². The first-order valence-electron chi connectivity index (χ1n) is 5.24. The molecule has 0 spiro atoms. The summed E-state index contributed by atoms with van der Waals surface area (Å²) >= 11 is 5.50. The highest BCUT2D eigenvalue weighted by atomic mass is 32.1. The second kappa shape index (κ2) is 5.10. The number of hydrogen-bond donors (Lipinski definition) is 1. The van der Waals surface area contributed by atoms with E-state index in [1.807, 2.05) is 0 Å². The molecule has 1 atom stereocenters. The smallest absolute Gasteiger partial charge is 0.350 e. The number of thiol groups is 1. The minimum Gasteiger partial charge on any atom is -0.465 e. The van der Waals surface area contributed by atoms with Crippen LogP contribution in [0.2, 0.25) is 0 Å². The van der Waals surface area contributed by atoms with Gasteiger partial charge in [-0.2, -0.15) is 12.6 Å². The second-order valence-corrected chi connectivity index (χ2v) is 5.16. The maximum absolute atomic E-state index is 11.8. The van der Waals surface area contributed by atoms with Crippen LogP contribution in [-0.4, -0.2) is 31.3 Å². The van der Waals surface area contributed by atoms with Crippen LogP contribution in [0.25, 0.3) is 0 Å². The lowest BCUT2D eigenvalue weighted by Gasteiger charge is -2.16. The molecule has 1 amide bonds. The number of nitrogens with zero attached hydrogens (tertiary/aromatic N) is 1. The summed E-state index contributed by atoms with van der Waals surface area (Å²) in [5.41, 5.74) is 0.663. The Labute approximate surface area is 109 Å². The molecular formula is C11H13NO3S2. The maximum Gasteiger partial charge on any atom is 0.350 e. The highest BCUT2D eigenvalue weighted by molar-refractivity contribution is 7.80. The molecule has 92 valence electrons. The summed E-state index contributed by atoms with van der Waals surface area (Å²) in [6.07, 6.45) is 0.500. The standard InChI is InChI=1S/C11H13NO3S2/c1-15-11(14)10-8(2-3-17-10)12-5-7(6-16)4-9(12)13/h2-3,7,16H,4-6H2,1H3. The molecule has 0 radical (unpaired) electrons. The van der Waals surface area contributed by atoms with Gasteiger partial charge in [0.05, 0.1) is 12.8 Å². The largest absolute Gasteiger partial charge is 0.465 e. The van der Waals surface area contributed by atoms with Gasteiger partial charge in [0.25, 0.3) is 0 Å². The van der Waals surface area contributed by atoms with Crippen LogP contribution in [0.1, 0.15) is 16.1 Å². The van der Waals surface area contributed by atoms with Crippen LogP contribution in [0.4, 0.5) is 5.69 Å². The summed E-state index contributed by atoms with van der Waals surface area (Å²) in [5.74, 6) is 0.598. The van der Waals surface area contributed by atoms with Crippen molar-refractivity contribution in [2.24, 2.45) is 5.92 Å². The van der Waals surface area contributed by atoms with Gasteiger partial charge in [0.1, 0.15) is 4.88 Å². The van der Waals surface area contributed by atoms with E-state index in [9.17, 15) is 9.59 Å². The van der Waals surface area contributed by atoms with Crippen molar-refractivity contribution in [1.82, 2.24) is 0 Å². The zero-order valence-electron chi connectivity index (χ0n) is 9.38. The van der Waals surface area contributed by atoms with E-state index in [1.165, 1.54) is 18.4 Å². The number of ether oxygens (including phenoxy) is 1. The summed E-state index contributed by atoms with van der Waals surface area (Å²) in [7, 11) is 1.34.